The summed E-state index contributed by atoms with van der Waals surface area (Å²) in [5, 5.41) is 9.73. The molecule has 0 unspecified atom stereocenters. The van der Waals surface area contributed by atoms with E-state index < -0.39 is 11.7 Å². The minimum absolute atomic E-state index is 0.00750. The summed E-state index contributed by atoms with van der Waals surface area (Å²) in [5.41, 5.74) is 1.18. The zero-order valence-corrected chi connectivity index (χ0v) is 19.5. The highest BCUT2D eigenvalue weighted by atomic mass is 19.4. The molecule has 0 radical (unpaired) electrons. The summed E-state index contributed by atoms with van der Waals surface area (Å²) in [5.74, 6) is 1.82. The molecule has 3 aromatic heterocycles. The van der Waals surface area contributed by atoms with Gasteiger partial charge in [0.25, 0.3) is 0 Å². The summed E-state index contributed by atoms with van der Waals surface area (Å²) >= 11 is 0. The molecule has 184 valence electrons. The van der Waals surface area contributed by atoms with Crippen molar-refractivity contribution in [3.63, 3.8) is 0 Å². The number of anilines is 1. The standard InChI is InChI=1S/C26H23F3N6O/c1-17-15-34(13-12-33(17)16-18-7-2-4-9-20(18)26(27,28)29)25-30-21-10-5-3-8-19(21)23-31-32-24(35(23)25)22-11-6-14-36-22/h2-11,14,17H,12-13,15-16H2,1H3/t17-/m1/s1. The van der Waals surface area contributed by atoms with Crippen LogP contribution >= 0.6 is 0 Å². The number of alkyl halides is 3. The molecular weight excluding hydrogens is 469 g/mol. The van der Waals surface area contributed by atoms with E-state index in [9.17, 15) is 13.2 Å². The van der Waals surface area contributed by atoms with Gasteiger partial charge in [-0.05, 0) is 42.8 Å². The Hall–Kier alpha value is -3.92. The molecule has 0 bridgehead atoms. The number of piperazine rings is 1. The van der Waals surface area contributed by atoms with Crippen molar-refractivity contribution in [2.24, 2.45) is 0 Å². The van der Waals surface area contributed by atoms with E-state index in [-0.39, 0.29) is 18.2 Å². The van der Waals surface area contributed by atoms with Gasteiger partial charge >= 0.3 is 6.18 Å². The van der Waals surface area contributed by atoms with E-state index in [0.29, 0.717) is 42.8 Å². The van der Waals surface area contributed by atoms with Crippen LogP contribution in [0, 0.1) is 0 Å². The minimum Gasteiger partial charge on any atom is -0.461 e. The molecule has 2 aromatic carbocycles. The van der Waals surface area contributed by atoms with Crippen LogP contribution in [0.4, 0.5) is 19.1 Å². The fourth-order valence-electron chi connectivity index (χ4n) is 4.91. The third-order valence-electron chi connectivity index (χ3n) is 6.71. The van der Waals surface area contributed by atoms with E-state index in [4.69, 9.17) is 9.40 Å². The molecule has 0 aliphatic carbocycles. The highest BCUT2D eigenvalue weighted by Crippen LogP contribution is 2.34. The van der Waals surface area contributed by atoms with Crippen LogP contribution in [0.1, 0.15) is 18.1 Å². The molecule has 4 heterocycles. The third kappa shape index (κ3) is 3.87. The third-order valence-corrected chi connectivity index (χ3v) is 6.71. The summed E-state index contributed by atoms with van der Waals surface area (Å²) in [7, 11) is 0. The maximum Gasteiger partial charge on any atom is 0.416 e. The van der Waals surface area contributed by atoms with Crippen molar-refractivity contribution in [2.75, 3.05) is 24.5 Å². The molecule has 0 spiro atoms. The fraction of sp³-hybridized carbons (Fsp3) is 0.269. The first kappa shape index (κ1) is 22.5. The predicted octanol–water partition coefficient (Wildman–Crippen LogP) is 5.27. The molecule has 1 fully saturated rings. The molecule has 1 aliphatic heterocycles. The summed E-state index contributed by atoms with van der Waals surface area (Å²) in [6, 6.07) is 17.2. The van der Waals surface area contributed by atoms with Gasteiger partial charge in [0.15, 0.2) is 11.4 Å². The van der Waals surface area contributed by atoms with Crippen molar-refractivity contribution in [1.29, 1.82) is 0 Å². The summed E-state index contributed by atoms with van der Waals surface area (Å²) in [4.78, 5) is 9.19. The van der Waals surface area contributed by atoms with Gasteiger partial charge < -0.3 is 9.32 Å². The first-order chi connectivity index (χ1) is 17.4. The molecule has 36 heavy (non-hydrogen) atoms. The van der Waals surface area contributed by atoms with Crippen molar-refractivity contribution >= 4 is 22.5 Å². The van der Waals surface area contributed by atoms with Gasteiger partial charge in [-0.25, -0.2) is 9.38 Å². The van der Waals surface area contributed by atoms with Gasteiger partial charge in [0.2, 0.25) is 11.8 Å². The van der Waals surface area contributed by atoms with E-state index in [1.807, 2.05) is 41.7 Å². The van der Waals surface area contributed by atoms with Gasteiger partial charge in [-0.2, -0.15) is 13.2 Å². The van der Waals surface area contributed by atoms with Gasteiger partial charge in [0, 0.05) is 37.6 Å². The number of hydrogen-bond donors (Lipinski definition) is 0. The molecule has 0 saturated carbocycles. The van der Waals surface area contributed by atoms with Crippen molar-refractivity contribution in [3.05, 3.63) is 78.1 Å². The Labute approximate surface area is 204 Å². The Morgan fingerprint density at radius 2 is 1.78 bits per heavy atom. The van der Waals surface area contributed by atoms with Gasteiger partial charge in [0.1, 0.15) is 0 Å². The van der Waals surface area contributed by atoms with Crippen LogP contribution in [0.2, 0.25) is 0 Å². The number of furan rings is 1. The van der Waals surface area contributed by atoms with Gasteiger partial charge in [-0.15, -0.1) is 10.2 Å². The number of aromatic nitrogens is 4. The first-order valence-corrected chi connectivity index (χ1v) is 11.7. The molecule has 1 saturated heterocycles. The normalized spacial score (nSPS) is 17.3. The number of nitrogens with zero attached hydrogens (tertiary/aromatic N) is 6. The molecular formula is C26H23F3N6O. The van der Waals surface area contributed by atoms with Crippen LogP contribution in [-0.2, 0) is 12.7 Å². The molecule has 1 aliphatic rings. The minimum atomic E-state index is -4.38. The number of para-hydroxylation sites is 1. The van der Waals surface area contributed by atoms with Crippen LogP contribution in [-0.4, -0.2) is 50.2 Å². The van der Waals surface area contributed by atoms with E-state index in [0.717, 1.165) is 17.0 Å². The summed E-state index contributed by atoms with van der Waals surface area (Å²) in [6.07, 6.45) is -2.79. The second-order valence-corrected chi connectivity index (χ2v) is 9.01. The monoisotopic (exact) mass is 492 g/mol. The Bertz CT molecular complexity index is 1530. The van der Waals surface area contributed by atoms with Crippen molar-refractivity contribution in [1.82, 2.24) is 24.5 Å². The lowest BCUT2D eigenvalue weighted by atomic mass is 10.0. The molecule has 0 N–H and O–H groups in total. The highest BCUT2D eigenvalue weighted by Gasteiger charge is 2.34. The van der Waals surface area contributed by atoms with Gasteiger partial charge in [0.05, 0.1) is 17.3 Å². The topological polar surface area (TPSA) is 62.7 Å². The van der Waals surface area contributed by atoms with E-state index in [1.165, 1.54) is 6.07 Å². The lowest BCUT2D eigenvalue weighted by molar-refractivity contribution is -0.138. The molecule has 1 atom stereocenters. The lowest BCUT2D eigenvalue weighted by Gasteiger charge is -2.40. The molecule has 7 nitrogen and oxygen atoms in total. The molecule has 0 amide bonds. The van der Waals surface area contributed by atoms with Crippen LogP contribution in [0.3, 0.4) is 0 Å². The zero-order valence-electron chi connectivity index (χ0n) is 19.5. The van der Waals surface area contributed by atoms with Gasteiger partial charge in [-0.3, -0.25) is 4.90 Å². The Morgan fingerprint density at radius 1 is 0.972 bits per heavy atom. The zero-order chi connectivity index (χ0) is 24.9. The average molecular weight is 493 g/mol. The highest BCUT2D eigenvalue weighted by molar-refractivity contribution is 5.93. The number of halogens is 3. The van der Waals surface area contributed by atoms with Crippen molar-refractivity contribution < 1.29 is 17.6 Å². The quantitative estimate of drug-likeness (QED) is 0.341. The molecule has 6 rings (SSSR count). The summed E-state index contributed by atoms with van der Waals surface area (Å²) in [6.45, 7) is 4.02. The fourth-order valence-corrected chi connectivity index (χ4v) is 4.91. The second-order valence-electron chi connectivity index (χ2n) is 9.01. The van der Waals surface area contributed by atoms with Crippen LogP contribution < -0.4 is 4.90 Å². The Balaban J connectivity index is 1.35. The van der Waals surface area contributed by atoms with E-state index in [1.54, 1.807) is 24.5 Å². The average Bonchev–Trinajstić information content (AvgIpc) is 3.55. The molecule has 10 heteroatoms. The predicted molar refractivity (Wildman–Crippen MR) is 130 cm³/mol. The maximum atomic E-state index is 13.5. The Kier molecular flexibility index (Phi) is 5.40. The summed E-state index contributed by atoms with van der Waals surface area (Å²) < 4.78 is 48.1. The SMILES string of the molecule is C[C@@H]1CN(c2nc3ccccc3c3nnc(-c4ccco4)n23)CCN1Cc1ccccc1C(F)(F)F. The smallest absolute Gasteiger partial charge is 0.416 e. The number of rotatable bonds is 4. The first-order valence-electron chi connectivity index (χ1n) is 11.7. The number of hydrogen-bond acceptors (Lipinski definition) is 6. The van der Waals surface area contributed by atoms with Crippen molar-refractivity contribution in [3.8, 4) is 11.6 Å². The van der Waals surface area contributed by atoms with E-state index >= 15 is 0 Å². The largest absolute Gasteiger partial charge is 0.461 e. The van der Waals surface area contributed by atoms with Crippen LogP contribution in [0.15, 0.2) is 71.3 Å². The second kappa shape index (κ2) is 8.63. The Morgan fingerprint density at radius 3 is 2.56 bits per heavy atom. The van der Waals surface area contributed by atoms with E-state index in [2.05, 4.69) is 20.0 Å². The number of fused-ring (bicyclic) bond motifs is 3. The van der Waals surface area contributed by atoms with Crippen LogP contribution in [0.25, 0.3) is 28.1 Å². The van der Waals surface area contributed by atoms with Crippen LogP contribution in [0.5, 0.6) is 0 Å². The van der Waals surface area contributed by atoms with Crippen molar-refractivity contribution in [2.45, 2.75) is 25.7 Å². The van der Waals surface area contributed by atoms with Gasteiger partial charge in [-0.1, -0.05) is 30.3 Å². The molecule has 5 aromatic rings. The lowest BCUT2D eigenvalue weighted by Crippen LogP contribution is -2.52. The maximum absolute atomic E-state index is 13.5. The number of benzene rings is 2.